The molecule has 0 rings (SSSR count). The molecule has 4 nitrogen and oxygen atoms in total. The van der Waals surface area contributed by atoms with E-state index in [2.05, 4.69) is 42.3 Å². The van der Waals surface area contributed by atoms with E-state index in [1.165, 1.54) is 0 Å². The fraction of sp³-hybridized carbons (Fsp3) is 1.00. The Bertz CT molecular complexity index is 179. The van der Waals surface area contributed by atoms with Gasteiger partial charge in [-0.25, -0.2) is 0 Å². The second-order valence-electron chi connectivity index (χ2n) is 6.71. The van der Waals surface area contributed by atoms with Crippen molar-refractivity contribution in [1.29, 1.82) is 0 Å². The normalized spacial score (nSPS) is 12.7. The van der Waals surface area contributed by atoms with Crippen LogP contribution >= 0.6 is 0 Å². The summed E-state index contributed by atoms with van der Waals surface area (Å²) in [6.07, 6.45) is 0. The Morgan fingerprint density at radius 3 is 1.06 bits per heavy atom. The number of aliphatic hydroxyl groups excluding tert-OH is 2. The van der Waals surface area contributed by atoms with Crippen molar-refractivity contribution in [3.05, 3.63) is 0 Å². The molecule has 0 aromatic carbocycles. The van der Waals surface area contributed by atoms with E-state index < -0.39 is 5.41 Å². The zero-order chi connectivity index (χ0) is 12.3. The molecule has 0 amide bonds. The lowest BCUT2D eigenvalue weighted by Gasteiger charge is -2.40. The molecule has 0 aliphatic rings. The van der Waals surface area contributed by atoms with Gasteiger partial charge in [-0.1, -0.05) is 0 Å². The van der Waals surface area contributed by atoms with E-state index in [0.717, 1.165) is 22.1 Å². The van der Waals surface area contributed by atoms with Crippen LogP contribution in [0.25, 0.3) is 0 Å². The smallest absolute Gasteiger partial charge is 0.114 e. The first-order valence-electron chi connectivity index (χ1n) is 5.36. The number of nitrogens with zero attached hydrogens (tertiary/aromatic N) is 2. The Morgan fingerprint density at radius 2 is 0.941 bits per heavy atom. The summed E-state index contributed by atoms with van der Waals surface area (Å²) in [5.41, 5.74) is -0.392. The molecule has 108 valence electrons. The van der Waals surface area contributed by atoms with Crippen molar-refractivity contribution < 1.29 is 53.1 Å². The van der Waals surface area contributed by atoms with Crippen LogP contribution in [0.5, 0.6) is 0 Å². The first-order chi connectivity index (χ1) is 6.54. The highest BCUT2D eigenvalue weighted by Crippen LogP contribution is 2.22. The van der Waals surface area contributed by atoms with Gasteiger partial charge in [-0.3, -0.25) is 0 Å². The molecule has 0 saturated carbocycles. The lowest BCUT2D eigenvalue weighted by atomic mass is 9.87. The molecule has 2 N–H and O–H groups in total. The first-order valence-corrected chi connectivity index (χ1v) is 5.36. The minimum atomic E-state index is -0.392. The molecule has 0 atom stereocenters. The van der Waals surface area contributed by atoms with Gasteiger partial charge >= 0.3 is 0 Å². The van der Waals surface area contributed by atoms with Gasteiger partial charge in [0.05, 0.1) is 68.6 Å². The fourth-order valence-electron chi connectivity index (χ4n) is 2.31. The van der Waals surface area contributed by atoms with Gasteiger partial charge in [0.15, 0.2) is 0 Å². The summed E-state index contributed by atoms with van der Waals surface area (Å²) in [4.78, 5) is 0. The molecule has 0 radical (unpaired) electrons. The van der Waals surface area contributed by atoms with Crippen molar-refractivity contribution in [2.45, 2.75) is 0 Å². The van der Waals surface area contributed by atoms with Crippen molar-refractivity contribution in [2.75, 3.05) is 68.6 Å². The number of halogens is 2. The highest BCUT2D eigenvalue weighted by Gasteiger charge is 2.40. The number of aliphatic hydroxyl groups is 2. The Hall–Kier alpha value is 0.800. The summed E-state index contributed by atoms with van der Waals surface area (Å²) in [5.74, 6) is 0. The fourth-order valence-corrected chi connectivity index (χ4v) is 2.31. The third-order valence-electron chi connectivity index (χ3n) is 2.29. The minimum absolute atomic E-state index is 0. The van der Waals surface area contributed by atoms with E-state index in [9.17, 15) is 10.2 Å². The summed E-state index contributed by atoms with van der Waals surface area (Å²) in [5, 5.41) is 19.0. The van der Waals surface area contributed by atoms with Crippen LogP contribution in [0.2, 0.25) is 0 Å². The largest absolute Gasteiger partial charge is 1.00 e. The van der Waals surface area contributed by atoms with Crippen molar-refractivity contribution >= 4 is 0 Å². The average Bonchev–Trinajstić information content (AvgIpc) is 1.98. The number of hydrogen-bond acceptors (Lipinski definition) is 2. The molecular weight excluding hydrogens is 352 g/mol. The Balaban J connectivity index is -0.000000980. The molecule has 0 saturated heterocycles. The lowest BCUT2D eigenvalue weighted by molar-refractivity contribution is -0.903. The molecule has 0 aliphatic carbocycles. The molecule has 0 spiro atoms. The van der Waals surface area contributed by atoms with Gasteiger partial charge in [0.1, 0.15) is 5.41 Å². The molecule has 0 heterocycles. The highest BCUT2D eigenvalue weighted by molar-refractivity contribution is 4.77. The summed E-state index contributed by atoms with van der Waals surface area (Å²) in [6, 6.07) is 0. The maximum atomic E-state index is 9.52. The van der Waals surface area contributed by atoms with Crippen LogP contribution in [0.15, 0.2) is 0 Å². The average molecular weight is 380 g/mol. The van der Waals surface area contributed by atoms with Crippen LogP contribution in [0.1, 0.15) is 0 Å². The Kier molecular flexibility index (Phi) is 10.9. The quantitative estimate of drug-likeness (QED) is 0.450. The molecule has 0 fully saturated rings. The van der Waals surface area contributed by atoms with Gasteiger partial charge in [0.2, 0.25) is 0 Å². The Morgan fingerprint density at radius 1 is 0.706 bits per heavy atom. The van der Waals surface area contributed by atoms with Gasteiger partial charge in [-0.15, -0.1) is 0 Å². The third kappa shape index (κ3) is 10.4. The van der Waals surface area contributed by atoms with Crippen LogP contribution in [0.3, 0.4) is 0 Å². The molecule has 6 heteroatoms. The zero-order valence-electron chi connectivity index (χ0n) is 11.9. The van der Waals surface area contributed by atoms with Gasteiger partial charge < -0.3 is 53.1 Å². The van der Waals surface area contributed by atoms with Crippen LogP contribution in [-0.2, 0) is 0 Å². The molecule has 0 unspecified atom stereocenters. The second kappa shape index (κ2) is 8.07. The van der Waals surface area contributed by atoms with E-state index in [1.807, 2.05) is 0 Å². The van der Waals surface area contributed by atoms with E-state index in [1.54, 1.807) is 0 Å². The van der Waals surface area contributed by atoms with Crippen LogP contribution in [0, 0.1) is 5.41 Å². The molecule has 0 aliphatic heterocycles. The lowest BCUT2D eigenvalue weighted by Crippen LogP contribution is -3.00. The van der Waals surface area contributed by atoms with Crippen molar-refractivity contribution in [2.24, 2.45) is 5.41 Å². The van der Waals surface area contributed by atoms with Gasteiger partial charge in [0.25, 0.3) is 0 Å². The van der Waals surface area contributed by atoms with Gasteiger partial charge in [-0.05, 0) is 0 Å². The Labute approximate surface area is 127 Å². The predicted molar refractivity (Wildman–Crippen MR) is 62.4 cm³/mol. The van der Waals surface area contributed by atoms with Crippen molar-refractivity contribution in [3.8, 4) is 0 Å². The topological polar surface area (TPSA) is 40.5 Å². The van der Waals surface area contributed by atoms with E-state index in [4.69, 9.17) is 0 Å². The summed E-state index contributed by atoms with van der Waals surface area (Å²) < 4.78 is 1.50. The maximum Gasteiger partial charge on any atom is 0.114 e. The van der Waals surface area contributed by atoms with E-state index >= 15 is 0 Å². The highest BCUT2D eigenvalue weighted by atomic mass is 79.9. The molecule has 0 aromatic rings. The summed E-state index contributed by atoms with van der Waals surface area (Å²) in [7, 11) is 12.5. The summed E-state index contributed by atoms with van der Waals surface area (Å²) >= 11 is 0. The molecule has 0 bridgehead atoms. The number of hydrogen-bond donors (Lipinski definition) is 2. The molecule has 0 aromatic heterocycles. The van der Waals surface area contributed by atoms with E-state index in [0.29, 0.717) is 0 Å². The first kappa shape index (κ1) is 22.9. The van der Waals surface area contributed by atoms with Gasteiger partial charge in [0, 0.05) is 0 Å². The molecule has 17 heavy (non-hydrogen) atoms. The van der Waals surface area contributed by atoms with E-state index in [-0.39, 0.29) is 47.2 Å². The zero-order valence-corrected chi connectivity index (χ0v) is 15.0. The molecular formula is C11H28Br2N2O2. The maximum absolute atomic E-state index is 9.52. The second-order valence-corrected chi connectivity index (χ2v) is 6.71. The number of rotatable bonds is 6. The van der Waals surface area contributed by atoms with Crippen LogP contribution in [-0.4, -0.2) is 87.8 Å². The summed E-state index contributed by atoms with van der Waals surface area (Å²) in [6.45, 7) is 1.62. The number of quaternary nitrogens is 2. The van der Waals surface area contributed by atoms with Crippen molar-refractivity contribution in [1.82, 2.24) is 0 Å². The minimum Gasteiger partial charge on any atom is -1.00 e. The van der Waals surface area contributed by atoms with Crippen molar-refractivity contribution in [3.63, 3.8) is 0 Å². The third-order valence-corrected chi connectivity index (χ3v) is 2.29. The van der Waals surface area contributed by atoms with Crippen LogP contribution < -0.4 is 34.0 Å². The SMILES string of the molecule is C[N+](C)(C)CC(CO)(CO)C[N+](C)(C)C.[Br-].[Br-]. The predicted octanol–water partition coefficient (Wildman–Crippen LogP) is -6.62. The van der Waals surface area contributed by atoms with Gasteiger partial charge in [-0.2, -0.15) is 0 Å². The van der Waals surface area contributed by atoms with Crippen LogP contribution in [0.4, 0.5) is 0 Å². The standard InChI is InChI=1S/C11H28N2O2.2BrH/c1-12(2,3)7-11(9-14,10-15)8-13(4,5)6;;/h14-15H,7-10H2,1-6H3;2*1H/q+2;;/p-2. The monoisotopic (exact) mass is 378 g/mol.